The maximum absolute atomic E-state index is 13.1. The van der Waals surface area contributed by atoms with E-state index in [2.05, 4.69) is 30.1 Å². The van der Waals surface area contributed by atoms with Crippen LogP contribution in [0.5, 0.6) is 11.5 Å². The highest BCUT2D eigenvalue weighted by Crippen LogP contribution is 2.65. The van der Waals surface area contributed by atoms with Gasteiger partial charge in [-0.15, -0.1) is 0 Å². The number of Topliss-reactive ketones (excluding diaryl/α,β-unsaturated/α-hetero) is 1. The maximum atomic E-state index is 13.1. The molecule has 2 heterocycles. The lowest BCUT2D eigenvalue weighted by Gasteiger charge is -2.63. The van der Waals surface area contributed by atoms with Gasteiger partial charge < -0.3 is 19.1 Å². The normalized spacial score (nSPS) is 33.7. The Morgan fingerprint density at radius 3 is 2.80 bits per heavy atom. The molecule has 156 valence electrons. The number of hydrogen-bond donors (Lipinski definition) is 0. The van der Waals surface area contributed by atoms with Crippen molar-refractivity contribution < 1.29 is 19.0 Å². The molecule has 2 aliphatic heterocycles. The van der Waals surface area contributed by atoms with Gasteiger partial charge in [0.15, 0.2) is 23.4 Å². The van der Waals surface area contributed by atoms with Crippen LogP contribution in [-0.4, -0.2) is 49.1 Å². The average molecular weight is 405 g/mol. The fourth-order valence-corrected chi connectivity index (χ4v) is 6.76. The standard InChI is InChI=1S/C25H27NO4/c1-26-13-12-24-21-17-8-9-19(29-15-16-6-4-3-5-7-16)22(21)30-23(24)18(27)10-11-25(24,28-2)20(26)14-17/h3-9,20,23H,10-15H2,1-2H3/t20?,23-,24-,25+/m0/s1. The van der Waals surface area contributed by atoms with E-state index in [9.17, 15) is 4.79 Å². The van der Waals surface area contributed by atoms with Crippen LogP contribution in [0.1, 0.15) is 36.0 Å². The van der Waals surface area contributed by atoms with Crippen molar-refractivity contribution in [2.24, 2.45) is 0 Å². The highest BCUT2D eigenvalue weighted by atomic mass is 16.5. The lowest BCUT2D eigenvalue weighted by atomic mass is 9.49. The van der Waals surface area contributed by atoms with Gasteiger partial charge in [-0.1, -0.05) is 36.4 Å². The lowest BCUT2D eigenvalue weighted by Crippen LogP contribution is -2.76. The average Bonchev–Trinajstić information content (AvgIpc) is 3.13. The van der Waals surface area contributed by atoms with Gasteiger partial charge in [-0.2, -0.15) is 0 Å². The second-order valence-electron chi connectivity index (χ2n) is 9.18. The van der Waals surface area contributed by atoms with Gasteiger partial charge in [-0.25, -0.2) is 0 Å². The van der Waals surface area contributed by atoms with Crippen molar-refractivity contribution >= 4 is 5.78 Å². The van der Waals surface area contributed by atoms with Gasteiger partial charge in [0.1, 0.15) is 6.61 Å². The zero-order valence-corrected chi connectivity index (χ0v) is 17.5. The van der Waals surface area contributed by atoms with Crippen LogP contribution in [0.3, 0.4) is 0 Å². The molecule has 0 amide bonds. The predicted octanol–water partition coefficient (Wildman–Crippen LogP) is 3.27. The molecule has 1 unspecified atom stereocenters. The van der Waals surface area contributed by atoms with E-state index in [1.807, 2.05) is 31.4 Å². The molecule has 2 aromatic rings. The summed E-state index contributed by atoms with van der Waals surface area (Å²) < 4.78 is 19.1. The summed E-state index contributed by atoms with van der Waals surface area (Å²) in [5, 5.41) is 0. The van der Waals surface area contributed by atoms with E-state index in [1.165, 1.54) is 11.1 Å². The first-order chi connectivity index (χ1) is 14.6. The van der Waals surface area contributed by atoms with E-state index in [4.69, 9.17) is 14.2 Å². The first-order valence-electron chi connectivity index (χ1n) is 10.9. The number of carbonyl (C=O) groups excluding carboxylic acids is 1. The summed E-state index contributed by atoms with van der Waals surface area (Å²) in [5.74, 6) is 1.70. The fraction of sp³-hybridized carbons (Fsp3) is 0.480. The molecule has 4 atom stereocenters. The maximum Gasteiger partial charge on any atom is 0.174 e. The topological polar surface area (TPSA) is 48.0 Å². The first-order valence-corrected chi connectivity index (χ1v) is 10.9. The van der Waals surface area contributed by atoms with Crippen molar-refractivity contribution in [1.82, 2.24) is 4.90 Å². The number of piperidine rings is 1. The monoisotopic (exact) mass is 405 g/mol. The van der Waals surface area contributed by atoms with Gasteiger partial charge in [0.05, 0.1) is 11.0 Å². The number of carbonyl (C=O) groups is 1. The number of likely N-dealkylation sites (N-methyl/N-ethyl adjacent to an activating group) is 1. The van der Waals surface area contributed by atoms with E-state index in [-0.39, 0.29) is 11.8 Å². The number of hydrogen-bond acceptors (Lipinski definition) is 5. The van der Waals surface area contributed by atoms with Crippen LogP contribution in [0.25, 0.3) is 0 Å². The van der Waals surface area contributed by atoms with Gasteiger partial charge in [0.25, 0.3) is 0 Å². The van der Waals surface area contributed by atoms with E-state index in [0.29, 0.717) is 13.0 Å². The quantitative estimate of drug-likeness (QED) is 0.781. The molecule has 2 aliphatic carbocycles. The van der Waals surface area contributed by atoms with E-state index in [0.717, 1.165) is 42.9 Å². The smallest absolute Gasteiger partial charge is 0.174 e. The molecule has 30 heavy (non-hydrogen) atoms. The van der Waals surface area contributed by atoms with Crippen molar-refractivity contribution in [2.75, 3.05) is 20.7 Å². The molecule has 2 bridgehead atoms. The molecule has 1 spiro atoms. The molecule has 0 radical (unpaired) electrons. The Hall–Kier alpha value is -2.37. The fourth-order valence-electron chi connectivity index (χ4n) is 6.76. The number of nitrogens with zero attached hydrogens (tertiary/aromatic N) is 1. The molecule has 1 saturated carbocycles. The molecular weight excluding hydrogens is 378 g/mol. The molecule has 6 rings (SSSR count). The third kappa shape index (κ3) is 2.12. The molecule has 5 heteroatoms. The summed E-state index contributed by atoms with van der Waals surface area (Å²) in [6.07, 6.45) is 2.57. The largest absolute Gasteiger partial charge is 0.485 e. The molecule has 2 fully saturated rings. The highest BCUT2D eigenvalue weighted by molar-refractivity contribution is 5.90. The van der Waals surface area contributed by atoms with Crippen molar-refractivity contribution in [1.29, 1.82) is 0 Å². The third-order valence-electron chi connectivity index (χ3n) is 8.07. The Morgan fingerprint density at radius 1 is 1.17 bits per heavy atom. The van der Waals surface area contributed by atoms with Crippen LogP contribution in [0.4, 0.5) is 0 Å². The third-order valence-corrected chi connectivity index (χ3v) is 8.07. The minimum Gasteiger partial charge on any atom is -0.485 e. The Bertz CT molecular complexity index is 1020. The van der Waals surface area contributed by atoms with Crippen LogP contribution < -0.4 is 9.47 Å². The van der Waals surface area contributed by atoms with Crippen molar-refractivity contribution in [3.8, 4) is 11.5 Å². The van der Waals surface area contributed by atoms with Gasteiger partial charge >= 0.3 is 0 Å². The molecule has 5 nitrogen and oxygen atoms in total. The van der Waals surface area contributed by atoms with Gasteiger partial charge in [0.2, 0.25) is 0 Å². The van der Waals surface area contributed by atoms with Gasteiger partial charge in [-0.05, 0) is 50.0 Å². The van der Waals surface area contributed by atoms with Crippen LogP contribution in [0.15, 0.2) is 42.5 Å². The van der Waals surface area contributed by atoms with Crippen LogP contribution in [-0.2, 0) is 28.0 Å². The molecule has 0 N–H and O–H groups in total. The molecule has 2 aromatic carbocycles. The minimum absolute atomic E-state index is 0.198. The number of likely N-dealkylation sites (tertiary alicyclic amines) is 1. The number of methoxy groups -OCH3 is 1. The molecular formula is C25H27NO4. The van der Waals surface area contributed by atoms with Gasteiger partial charge in [0, 0.05) is 25.1 Å². The Balaban J connectivity index is 1.50. The summed E-state index contributed by atoms with van der Waals surface area (Å²) in [5.41, 5.74) is 2.76. The predicted molar refractivity (Wildman–Crippen MR) is 112 cm³/mol. The molecule has 1 saturated heterocycles. The summed E-state index contributed by atoms with van der Waals surface area (Å²) in [7, 11) is 4.00. The minimum atomic E-state index is -0.474. The first kappa shape index (κ1) is 18.4. The summed E-state index contributed by atoms with van der Waals surface area (Å²) in [6.45, 7) is 1.42. The van der Waals surface area contributed by atoms with E-state index in [1.54, 1.807) is 0 Å². The molecule has 0 aromatic heterocycles. The van der Waals surface area contributed by atoms with Crippen molar-refractivity contribution in [3.05, 3.63) is 59.2 Å². The SMILES string of the molecule is CO[C@@]12CCC(=O)[C@@H]3Oc4c(OCc5ccccc5)ccc5c4[C@@]31CCN(C)C2C5. The molecule has 4 aliphatic rings. The van der Waals surface area contributed by atoms with Gasteiger partial charge in [-0.3, -0.25) is 4.79 Å². The number of ketones is 1. The van der Waals surface area contributed by atoms with E-state index >= 15 is 0 Å². The highest BCUT2D eigenvalue weighted by Gasteiger charge is 2.73. The number of ether oxygens (including phenoxy) is 3. The van der Waals surface area contributed by atoms with Crippen LogP contribution >= 0.6 is 0 Å². The summed E-state index contributed by atoms with van der Waals surface area (Å²) >= 11 is 0. The number of benzene rings is 2. The van der Waals surface area contributed by atoms with Crippen molar-refractivity contribution in [3.63, 3.8) is 0 Å². The van der Waals surface area contributed by atoms with Crippen molar-refractivity contribution in [2.45, 2.75) is 55.5 Å². The zero-order valence-electron chi connectivity index (χ0n) is 17.5. The number of rotatable bonds is 4. The Labute approximate surface area is 176 Å². The Kier molecular flexibility index (Phi) is 3.87. The zero-order chi connectivity index (χ0) is 20.5. The summed E-state index contributed by atoms with van der Waals surface area (Å²) in [6, 6.07) is 14.6. The second kappa shape index (κ2) is 6.32. The van der Waals surface area contributed by atoms with E-state index < -0.39 is 17.1 Å². The summed E-state index contributed by atoms with van der Waals surface area (Å²) in [4.78, 5) is 15.5. The second-order valence-corrected chi connectivity index (χ2v) is 9.18. The lowest BCUT2D eigenvalue weighted by molar-refractivity contribution is -0.198. The van der Waals surface area contributed by atoms with Crippen LogP contribution in [0, 0.1) is 0 Å². The Morgan fingerprint density at radius 2 is 2.00 bits per heavy atom. The van der Waals surface area contributed by atoms with Crippen LogP contribution in [0.2, 0.25) is 0 Å².